The maximum Gasteiger partial charge on any atom is 0.335 e. The highest BCUT2D eigenvalue weighted by Gasteiger charge is 2.33. The molecule has 8 nitrogen and oxygen atoms in total. The van der Waals surface area contributed by atoms with Crippen LogP contribution in [0.25, 0.3) is 0 Å². The van der Waals surface area contributed by atoms with Crippen molar-refractivity contribution < 1.29 is 33.6 Å². The number of carbonyl (C=O) groups is 1. The van der Waals surface area contributed by atoms with E-state index in [2.05, 4.69) is 0 Å². The van der Waals surface area contributed by atoms with Crippen molar-refractivity contribution in [1.29, 1.82) is 0 Å². The van der Waals surface area contributed by atoms with E-state index in [0.717, 1.165) is 0 Å². The highest BCUT2D eigenvalue weighted by atomic mass is 32.2. The van der Waals surface area contributed by atoms with Gasteiger partial charge in [-0.2, -0.15) is 0 Å². The summed E-state index contributed by atoms with van der Waals surface area (Å²) < 4.78 is 25.9. The Balaban J connectivity index is 2.87. The molecule has 0 spiro atoms. The Kier molecular flexibility index (Phi) is 5.81. The zero-order valence-corrected chi connectivity index (χ0v) is 11.9. The number of hydrogen-bond acceptors (Lipinski definition) is 6. The molecule has 0 radical (unpaired) electrons. The predicted octanol–water partition coefficient (Wildman–Crippen LogP) is -1.48. The average molecular weight is 319 g/mol. The third-order valence-electron chi connectivity index (χ3n) is 2.84. The van der Waals surface area contributed by atoms with Crippen molar-refractivity contribution in [2.24, 2.45) is 0 Å². The molecule has 1 rings (SSSR count). The molecule has 0 heterocycles. The van der Waals surface area contributed by atoms with E-state index in [1.165, 1.54) is 24.3 Å². The Morgan fingerprint density at radius 3 is 1.90 bits per heavy atom. The summed E-state index contributed by atoms with van der Waals surface area (Å²) in [6, 6.07) is 5.23. The van der Waals surface area contributed by atoms with Crippen molar-refractivity contribution in [3.8, 4) is 0 Å². The van der Waals surface area contributed by atoms with Crippen LogP contribution in [0.3, 0.4) is 0 Å². The maximum absolute atomic E-state index is 12.0. The molecule has 0 bridgehead atoms. The van der Waals surface area contributed by atoms with E-state index >= 15 is 0 Å². The molecule has 0 aliphatic heterocycles. The lowest BCUT2D eigenvalue weighted by Gasteiger charge is -2.28. The van der Waals surface area contributed by atoms with E-state index in [1.807, 2.05) is 4.72 Å². The predicted molar refractivity (Wildman–Crippen MR) is 73.1 cm³/mol. The van der Waals surface area contributed by atoms with Gasteiger partial charge in [-0.1, -0.05) is 12.1 Å². The minimum Gasteiger partial charge on any atom is -0.478 e. The van der Waals surface area contributed by atoms with Gasteiger partial charge in [0, 0.05) is 0 Å². The molecule has 5 N–H and O–H groups in total. The van der Waals surface area contributed by atoms with E-state index < -0.39 is 47.1 Å². The standard InChI is InChI=1S/C12H17NO7S/c14-6-12(7-15,8-16)13-21(19,20)5-9-1-3-10(4-2-9)11(17)18/h1-4,13-16H,5-8H2,(H,17,18). The van der Waals surface area contributed by atoms with Crippen LogP contribution in [0.5, 0.6) is 0 Å². The Hall–Kier alpha value is -1.52. The number of carboxylic acid groups (broad SMARTS) is 1. The van der Waals surface area contributed by atoms with Crippen LogP contribution < -0.4 is 4.72 Å². The molecule has 0 fully saturated rings. The molecule has 0 atom stereocenters. The lowest BCUT2D eigenvalue weighted by molar-refractivity contribution is 0.0581. The van der Waals surface area contributed by atoms with Crippen LogP contribution in [0.1, 0.15) is 15.9 Å². The van der Waals surface area contributed by atoms with Crippen LogP contribution in [-0.4, -0.2) is 60.2 Å². The van der Waals surface area contributed by atoms with Crippen molar-refractivity contribution in [3.05, 3.63) is 35.4 Å². The maximum atomic E-state index is 12.0. The van der Waals surface area contributed by atoms with Crippen LogP contribution in [0.4, 0.5) is 0 Å². The normalized spacial score (nSPS) is 12.3. The highest BCUT2D eigenvalue weighted by molar-refractivity contribution is 7.88. The van der Waals surface area contributed by atoms with E-state index in [4.69, 9.17) is 20.4 Å². The highest BCUT2D eigenvalue weighted by Crippen LogP contribution is 2.11. The lowest BCUT2D eigenvalue weighted by atomic mass is 10.1. The summed E-state index contributed by atoms with van der Waals surface area (Å²) in [7, 11) is -3.94. The number of benzene rings is 1. The van der Waals surface area contributed by atoms with Crippen molar-refractivity contribution in [1.82, 2.24) is 4.72 Å². The second-order valence-electron chi connectivity index (χ2n) is 4.62. The van der Waals surface area contributed by atoms with Gasteiger partial charge in [0.05, 0.1) is 31.1 Å². The number of rotatable bonds is 8. The molecule has 21 heavy (non-hydrogen) atoms. The van der Waals surface area contributed by atoms with Crippen LogP contribution in [0.15, 0.2) is 24.3 Å². The average Bonchev–Trinajstić information content (AvgIpc) is 2.45. The fraction of sp³-hybridized carbons (Fsp3) is 0.417. The van der Waals surface area contributed by atoms with Gasteiger partial charge in [0.1, 0.15) is 5.54 Å². The molecule has 1 aromatic carbocycles. The fourth-order valence-electron chi connectivity index (χ4n) is 1.58. The third-order valence-corrected chi connectivity index (χ3v) is 4.29. The molecule has 0 aliphatic rings. The molecular weight excluding hydrogens is 302 g/mol. The number of hydrogen-bond donors (Lipinski definition) is 5. The molecular formula is C12H17NO7S. The van der Waals surface area contributed by atoms with Crippen LogP contribution >= 0.6 is 0 Å². The summed E-state index contributed by atoms with van der Waals surface area (Å²) in [5.41, 5.74) is -1.38. The monoisotopic (exact) mass is 319 g/mol. The van der Waals surface area contributed by atoms with Gasteiger partial charge < -0.3 is 20.4 Å². The number of aliphatic hydroxyl groups is 3. The number of aromatic carboxylic acids is 1. The molecule has 0 aliphatic carbocycles. The largest absolute Gasteiger partial charge is 0.478 e. The van der Waals surface area contributed by atoms with Crippen LogP contribution in [0, 0.1) is 0 Å². The van der Waals surface area contributed by atoms with Crippen molar-refractivity contribution >= 4 is 16.0 Å². The zero-order chi connectivity index (χ0) is 16.1. The second kappa shape index (κ2) is 6.96. The molecule has 0 amide bonds. The van der Waals surface area contributed by atoms with Gasteiger partial charge in [-0.3, -0.25) is 0 Å². The number of carboxylic acids is 1. The van der Waals surface area contributed by atoms with Crippen molar-refractivity contribution in [3.63, 3.8) is 0 Å². The third kappa shape index (κ3) is 4.76. The minimum absolute atomic E-state index is 0.0273. The van der Waals surface area contributed by atoms with Gasteiger partial charge in [0.2, 0.25) is 10.0 Å². The van der Waals surface area contributed by atoms with Crippen molar-refractivity contribution in [2.75, 3.05) is 19.8 Å². The first-order valence-corrected chi connectivity index (χ1v) is 7.59. The molecule has 0 unspecified atom stereocenters. The van der Waals surface area contributed by atoms with Gasteiger partial charge >= 0.3 is 5.97 Å². The van der Waals surface area contributed by atoms with Crippen molar-refractivity contribution in [2.45, 2.75) is 11.3 Å². The van der Waals surface area contributed by atoms with E-state index in [0.29, 0.717) is 5.56 Å². The summed E-state index contributed by atoms with van der Waals surface area (Å²) in [6.07, 6.45) is 0. The summed E-state index contributed by atoms with van der Waals surface area (Å²) in [5.74, 6) is -1.60. The number of sulfonamides is 1. The van der Waals surface area contributed by atoms with Gasteiger partial charge in [0.15, 0.2) is 0 Å². The summed E-state index contributed by atoms with van der Waals surface area (Å²) in [6.45, 7) is -2.30. The Labute approximate surface area is 121 Å². The Morgan fingerprint density at radius 1 is 1.05 bits per heavy atom. The Morgan fingerprint density at radius 2 is 1.52 bits per heavy atom. The summed E-state index contributed by atoms with van der Waals surface area (Å²) in [5, 5.41) is 36.0. The van der Waals surface area contributed by atoms with Crippen LogP contribution in [0.2, 0.25) is 0 Å². The molecule has 1 aromatic rings. The summed E-state index contributed by atoms with van der Waals surface area (Å²) in [4.78, 5) is 10.7. The van der Waals surface area contributed by atoms with Gasteiger partial charge in [-0.15, -0.1) is 0 Å². The zero-order valence-electron chi connectivity index (χ0n) is 11.1. The quantitative estimate of drug-likeness (QED) is 0.393. The minimum atomic E-state index is -3.94. The molecule has 0 saturated heterocycles. The fourth-order valence-corrected chi connectivity index (χ4v) is 3.13. The van der Waals surface area contributed by atoms with E-state index in [-0.39, 0.29) is 5.56 Å². The van der Waals surface area contributed by atoms with E-state index in [1.54, 1.807) is 0 Å². The topological polar surface area (TPSA) is 144 Å². The molecule has 9 heteroatoms. The first-order chi connectivity index (χ1) is 9.77. The first kappa shape index (κ1) is 17.5. The molecule has 0 saturated carbocycles. The van der Waals surface area contributed by atoms with Gasteiger partial charge in [-0.05, 0) is 17.7 Å². The van der Waals surface area contributed by atoms with E-state index in [9.17, 15) is 13.2 Å². The second-order valence-corrected chi connectivity index (χ2v) is 6.34. The lowest BCUT2D eigenvalue weighted by Crippen LogP contribution is -2.57. The smallest absolute Gasteiger partial charge is 0.335 e. The SMILES string of the molecule is O=C(O)c1ccc(CS(=O)(=O)NC(CO)(CO)CO)cc1. The Bertz CT molecular complexity index is 570. The van der Waals surface area contributed by atoms with Gasteiger partial charge in [0.25, 0.3) is 0 Å². The molecule has 0 aromatic heterocycles. The number of nitrogens with one attached hydrogen (secondary N) is 1. The first-order valence-electron chi connectivity index (χ1n) is 5.94. The summed E-state index contributed by atoms with van der Waals surface area (Å²) >= 11 is 0. The molecule has 118 valence electrons. The number of aliphatic hydroxyl groups excluding tert-OH is 3. The van der Waals surface area contributed by atoms with Crippen LogP contribution in [-0.2, 0) is 15.8 Å². The van der Waals surface area contributed by atoms with Gasteiger partial charge in [-0.25, -0.2) is 17.9 Å².